The Kier molecular flexibility index (Phi) is 10.5. The van der Waals surface area contributed by atoms with Crippen LogP contribution < -0.4 is 9.62 Å². The number of carbonyl (C=O) groups excluding carboxylic acids is 2. The molecule has 202 valence electrons. The van der Waals surface area contributed by atoms with Gasteiger partial charge in [0.15, 0.2) is 0 Å². The van der Waals surface area contributed by atoms with Gasteiger partial charge in [-0.3, -0.25) is 13.9 Å². The number of hydrogen-bond donors (Lipinski definition) is 1. The van der Waals surface area contributed by atoms with Crippen LogP contribution in [0, 0.1) is 5.82 Å². The molecule has 0 heterocycles. The van der Waals surface area contributed by atoms with Crippen molar-refractivity contribution in [2.24, 2.45) is 0 Å². The fraction of sp³-hybridized carbons (Fsp3) is 0.500. The van der Waals surface area contributed by atoms with Crippen LogP contribution in [0.15, 0.2) is 54.6 Å². The molecular formula is C28H38FN3O4S. The summed E-state index contributed by atoms with van der Waals surface area (Å²) in [7, 11) is -3.75. The number of carbonyl (C=O) groups is 2. The summed E-state index contributed by atoms with van der Waals surface area (Å²) in [5.74, 6) is -1.04. The van der Waals surface area contributed by atoms with E-state index in [1.54, 1.807) is 17.9 Å². The largest absolute Gasteiger partial charge is 0.352 e. The van der Waals surface area contributed by atoms with E-state index in [-0.39, 0.29) is 42.9 Å². The van der Waals surface area contributed by atoms with Crippen molar-refractivity contribution in [3.63, 3.8) is 0 Å². The number of benzene rings is 2. The Balaban J connectivity index is 1.67. The van der Waals surface area contributed by atoms with Crippen molar-refractivity contribution in [2.75, 3.05) is 23.7 Å². The Morgan fingerprint density at radius 3 is 2.30 bits per heavy atom. The Morgan fingerprint density at radius 1 is 1.00 bits per heavy atom. The van der Waals surface area contributed by atoms with Crippen molar-refractivity contribution in [3.8, 4) is 0 Å². The van der Waals surface area contributed by atoms with Gasteiger partial charge in [-0.25, -0.2) is 12.8 Å². The molecule has 1 atom stereocenters. The highest BCUT2D eigenvalue weighted by Crippen LogP contribution is 2.22. The number of para-hydroxylation sites is 1. The summed E-state index contributed by atoms with van der Waals surface area (Å²) in [5.41, 5.74) is 1.02. The fourth-order valence-electron chi connectivity index (χ4n) is 4.78. The second-order valence-electron chi connectivity index (χ2n) is 9.73. The van der Waals surface area contributed by atoms with Crippen molar-refractivity contribution in [1.29, 1.82) is 0 Å². The Labute approximate surface area is 220 Å². The van der Waals surface area contributed by atoms with E-state index in [0.717, 1.165) is 41.8 Å². The van der Waals surface area contributed by atoms with Crippen molar-refractivity contribution in [1.82, 2.24) is 10.2 Å². The Hall–Kier alpha value is -2.94. The molecule has 2 aromatic rings. The standard InChI is InChI=1S/C28H38FN3O4S/c1-22(28(34)30-24-14-7-4-8-15-24)31(21-19-23-12-5-3-6-13-23)27(33)18-11-20-32(37(2,35)36)26-17-10-9-16-25(26)29/h3,5-6,9-10,12-13,16-17,22,24H,4,7-8,11,14-15,18-21H2,1-2H3,(H,30,34)/t22-/m1/s1. The molecule has 3 rings (SSSR count). The normalized spacial score (nSPS) is 15.1. The van der Waals surface area contributed by atoms with Gasteiger partial charge in [0.05, 0.1) is 11.9 Å². The molecule has 1 fully saturated rings. The minimum Gasteiger partial charge on any atom is -0.352 e. The lowest BCUT2D eigenvalue weighted by atomic mass is 9.95. The van der Waals surface area contributed by atoms with Crippen LogP contribution in [0.1, 0.15) is 57.4 Å². The molecule has 37 heavy (non-hydrogen) atoms. The molecular weight excluding hydrogens is 493 g/mol. The number of nitrogens with one attached hydrogen (secondary N) is 1. The molecule has 1 aliphatic carbocycles. The van der Waals surface area contributed by atoms with E-state index in [0.29, 0.717) is 13.0 Å². The molecule has 0 spiro atoms. The first-order valence-electron chi connectivity index (χ1n) is 13.0. The SMILES string of the molecule is C[C@H](C(=O)NC1CCCCC1)N(CCc1ccccc1)C(=O)CCCN(c1ccccc1F)S(C)(=O)=O. The van der Waals surface area contributed by atoms with Crippen LogP contribution in [0.3, 0.4) is 0 Å². The highest BCUT2D eigenvalue weighted by molar-refractivity contribution is 7.92. The van der Waals surface area contributed by atoms with E-state index < -0.39 is 21.9 Å². The van der Waals surface area contributed by atoms with E-state index in [9.17, 15) is 22.4 Å². The minimum atomic E-state index is -3.75. The zero-order valence-electron chi connectivity index (χ0n) is 21.7. The van der Waals surface area contributed by atoms with Gasteiger partial charge in [0, 0.05) is 25.6 Å². The van der Waals surface area contributed by atoms with E-state index >= 15 is 0 Å². The first-order valence-corrected chi connectivity index (χ1v) is 14.9. The lowest BCUT2D eigenvalue weighted by Crippen LogP contribution is -2.51. The molecule has 2 aromatic carbocycles. The zero-order valence-corrected chi connectivity index (χ0v) is 22.6. The topological polar surface area (TPSA) is 86.8 Å². The van der Waals surface area contributed by atoms with Gasteiger partial charge in [-0.1, -0.05) is 61.7 Å². The third-order valence-electron chi connectivity index (χ3n) is 6.88. The summed E-state index contributed by atoms with van der Waals surface area (Å²) in [4.78, 5) is 28.0. The third kappa shape index (κ3) is 8.55. The van der Waals surface area contributed by atoms with Gasteiger partial charge in [0.25, 0.3) is 0 Å². The van der Waals surface area contributed by atoms with Crippen LogP contribution in [-0.2, 0) is 26.0 Å². The number of nitrogens with zero attached hydrogens (tertiary/aromatic N) is 2. The second kappa shape index (κ2) is 13.6. The number of sulfonamides is 1. The summed E-state index contributed by atoms with van der Waals surface area (Å²) in [6, 6.07) is 14.9. The number of rotatable bonds is 12. The first kappa shape index (κ1) is 28.6. The molecule has 1 aliphatic rings. The summed E-state index contributed by atoms with van der Waals surface area (Å²) in [6.45, 7) is 2.06. The van der Waals surface area contributed by atoms with Crippen LogP contribution in [0.2, 0.25) is 0 Å². The quantitative estimate of drug-likeness (QED) is 0.443. The van der Waals surface area contributed by atoms with Gasteiger partial charge < -0.3 is 10.2 Å². The molecule has 1 N–H and O–H groups in total. The maximum Gasteiger partial charge on any atom is 0.242 e. The molecule has 2 amide bonds. The van der Waals surface area contributed by atoms with E-state index in [1.165, 1.54) is 24.6 Å². The van der Waals surface area contributed by atoms with Gasteiger partial charge in [0.2, 0.25) is 21.8 Å². The van der Waals surface area contributed by atoms with Crippen molar-refractivity contribution < 1.29 is 22.4 Å². The van der Waals surface area contributed by atoms with Gasteiger partial charge in [0.1, 0.15) is 11.9 Å². The molecule has 0 unspecified atom stereocenters. The Morgan fingerprint density at radius 2 is 1.65 bits per heavy atom. The molecule has 0 aromatic heterocycles. The molecule has 0 bridgehead atoms. The predicted octanol–water partition coefficient (Wildman–Crippen LogP) is 4.28. The highest BCUT2D eigenvalue weighted by atomic mass is 32.2. The number of halogens is 1. The van der Waals surface area contributed by atoms with Gasteiger partial charge in [-0.15, -0.1) is 0 Å². The average Bonchev–Trinajstić information content (AvgIpc) is 2.88. The van der Waals surface area contributed by atoms with E-state index in [1.807, 2.05) is 30.3 Å². The Bertz CT molecular complexity index is 1140. The summed E-state index contributed by atoms with van der Waals surface area (Å²) in [6.07, 6.45) is 7.12. The fourth-order valence-corrected chi connectivity index (χ4v) is 5.74. The maximum atomic E-state index is 14.3. The van der Waals surface area contributed by atoms with Gasteiger partial charge in [-0.2, -0.15) is 0 Å². The monoisotopic (exact) mass is 531 g/mol. The maximum absolute atomic E-state index is 14.3. The number of anilines is 1. The molecule has 9 heteroatoms. The first-order chi connectivity index (χ1) is 17.7. The van der Waals surface area contributed by atoms with Crippen LogP contribution >= 0.6 is 0 Å². The lowest BCUT2D eigenvalue weighted by molar-refractivity contribution is -0.140. The molecule has 0 saturated heterocycles. The smallest absolute Gasteiger partial charge is 0.242 e. The molecule has 7 nitrogen and oxygen atoms in total. The summed E-state index contributed by atoms with van der Waals surface area (Å²) < 4.78 is 40.0. The van der Waals surface area contributed by atoms with Crippen molar-refractivity contribution >= 4 is 27.5 Å². The van der Waals surface area contributed by atoms with Crippen molar-refractivity contribution in [3.05, 3.63) is 66.0 Å². The van der Waals surface area contributed by atoms with E-state index in [4.69, 9.17) is 0 Å². The lowest BCUT2D eigenvalue weighted by Gasteiger charge is -2.31. The third-order valence-corrected chi connectivity index (χ3v) is 8.06. The van der Waals surface area contributed by atoms with Crippen LogP contribution in [0.5, 0.6) is 0 Å². The molecule has 0 aliphatic heterocycles. The zero-order chi connectivity index (χ0) is 26.8. The number of amides is 2. The summed E-state index contributed by atoms with van der Waals surface area (Å²) in [5, 5.41) is 3.11. The van der Waals surface area contributed by atoms with Crippen LogP contribution in [-0.4, -0.2) is 56.6 Å². The van der Waals surface area contributed by atoms with Crippen LogP contribution in [0.4, 0.5) is 10.1 Å². The second-order valence-corrected chi connectivity index (χ2v) is 11.6. The molecule has 0 radical (unpaired) electrons. The highest BCUT2D eigenvalue weighted by Gasteiger charge is 2.28. The molecule has 1 saturated carbocycles. The summed E-state index contributed by atoms with van der Waals surface area (Å²) >= 11 is 0. The van der Waals surface area contributed by atoms with Crippen LogP contribution in [0.25, 0.3) is 0 Å². The predicted molar refractivity (Wildman–Crippen MR) is 144 cm³/mol. The van der Waals surface area contributed by atoms with Gasteiger partial charge in [-0.05, 0) is 50.3 Å². The van der Waals surface area contributed by atoms with E-state index in [2.05, 4.69) is 5.32 Å². The van der Waals surface area contributed by atoms with Crippen molar-refractivity contribution in [2.45, 2.75) is 70.4 Å². The average molecular weight is 532 g/mol. The number of hydrogen-bond acceptors (Lipinski definition) is 4. The van der Waals surface area contributed by atoms with Gasteiger partial charge >= 0.3 is 0 Å². The minimum absolute atomic E-state index is 0.0380.